The summed E-state index contributed by atoms with van der Waals surface area (Å²) in [5.74, 6) is 1.05. The number of hydrogen-bond acceptors (Lipinski definition) is 4. The Morgan fingerprint density at radius 1 is 1.32 bits per heavy atom. The zero-order valence-electron chi connectivity index (χ0n) is 11.4. The molecule has 1 aliphatic rings. The first kappa shape index (κ1) is 12.6. The lowest BCUT2D eigenvalue weighted by Gasteiger charge is -2.31. The van der Waals surface area contributed by atoms with Gasteiger partial charge in [0, 0.05) is 25.2 Å². The molecule has 19 heavy (non-hydrogen) atoms. The second-order valence-electron chi connectivity index (χ2n) is 5.42. The van der Waals surface area contributed by atoms with Crippen molar-refractivity contribution >= 4 is 5.65 Å². The Morgan fingerprint density at radius 2 is 2.21 bits per heavy atom. The molecule has 1 saturated heterocycles. The van der Waals surface area contributed by atoms with E-state index in [2.05, 4.69) is 32.7 Å². The van der Waals surface area contributed by atoms with Crippen molar-refractivity contribution in [3.8, 4) is 0 Å². The molecule has 0 amide bonds. The number of fused-ring (bicyclic) bond motifs is 1. The van der Waals surface area contributed by atoms with Gasteiger partial charge in [-0.15, -0.1) is 10.2 Å². The highest BCUT2D eigenvalue weighted by Crippen LogP contribution is 2.19. The van der Waals surface area contributed by atoms with Gasteiger partial charge in [0.2, 0.25) is 0 Å². The van der Waals surface area contributed by atoms with Gasteiger partial charge >= 0.3 is 0 Å². The second-order valence-corrected chi connectivity index (χ2v) is 5.42. The molecule has 1 unspecified atom stereocenters. The fourth-order valence-corrected chi connectivity index (χ4v) is 2.85. The van der Waals surface area contributed by atoms with Gasteiger partial charge in [0.1, 0.15) is 5.82 Å². The lowest BCUT2D eigenvalue weighted by molar-refractivity contribution is 0.182. The van der Waals surface area contributed by atoms with Crippen LogP contribution in [0.2, 0.25) is 0 Å². The molecular weight excluding hydrogens is 238 g/mol. The molecule has 0 saturated carbocycles. The van der Waals surface area contributed by atoms with Gasteiger partial charge in [0.05, 0.1) is 0 Å². The van der Waals surface area contributed by atoms with Crippen LogP contribution in [0.3, 0.4) is 0 Å². The van der Waals surface area contributed by atoms with Gasteiger partial charge in [0.25, 0.3) is 0 Å². The minimum absolute atomic E-state index is 0.552. The Kier molecular flexibility index (Phi) is 3.48. The summed E-state index contributed by atoms with van der Waals surface area (Å²) in [5.41, 5.74) is 7.73. The summed E-state index contributed by atoms with van der Waals surface area (Å²) in [7, 11) is 2.21. The molecule has 0 aliphatic carbocycles. The molecule has 0 bridgehead atoms. The summed E-state index contributed by atoms with van der Waals surface area (Å²) in [5, 5.41) is 8.58. The van der Waals surface area contributed by atoms with Crippen LogP contribution in [0.4, 0.5) is 0 Å². The minimum Gasteiger partial charge on any atom is -0.326 e. The van der Waals surface area contributed by atoms with Gasteiger partial charge < -0.3 is 10.6 Å². The van der Waals surface area contributed by atoms with Crippen LogP contribution in [0.5, 0.6) is 0 Å². The van der Waals surface area contributed by atoms with E-state index in [0.717, 1.165) is 23.5 Å². The third-order valence-electron chi connectivity index (χ3n) is 4.11. The summed E-state index contributed by atoms with van der Waals surface area (Å²) in [4.78, 5) is 2.44. The Hall–Kier alpha value is -1.46. The Balaban J connectivity index is 1.87. The Morgan fingerprint density at radius 3 is 3.00 bits per heavy atom. The Bertz CT molecular complexity index is 562. The van der Waals surface area contributed by atoms with Crippen LogP contribution in [0.1, 0.15) is 30.7 Å². The van der Waals surface area contributed by atoms with Crippen molar-refractivity contribution in [3.63, 3.8) is 0 Å². The molecule has 102 valence electrons. The molecule has 0 spiro atoms. The largest absolute Gasteiger partial charge is 0.326 e. The monoisotopic (exact) mass is 259 g/mol. The first-order valence-electron chi connectivity index (χ1n) is 7.01. The van der Waals surface area contributed by atoms with E-state index in [4.69, 9.17) is 5.73 Å². The molecule has 2 aromatic heterocycles. The van der Waals surface area contributed by atoms with E-state index < -0.39 is 0 Å². The van der Waals surface area contributed by atoms with Gasteiger partial charge in [-0.05, 0) is 38.1 Å². The third kappa shape index (κ3) is 2.48. The summed E-state index contributed by atoms with van der Waals surface area (Å²) in [6.45, 7) is 1.74. The van der Waals surface area contributed by atoms with Gasteiger partial charge in [-0.1, -0.05) is 12.5 Å². The maximum absolute atomic E-state index is 5.70. The standard InChI is InChI=1S/C14H21N5/c1-18-7-3-2-4-12(18)8-14-17-16-13-6-5-11(9-15)10-19(13)14/h5-6,10,12H,2-4,7-9,15H2,1H3. The van der Waals surface area contributed by atoms with Gasteiger partial charge in [-0.3, -0.25) is 4.40 Å². The molecule has 1 aliphatic heterocycles. The molecule has 0 radical (unpaired) electrons. The molecule has 3 rings (SSSR count). The lowest BCUT2D eigenvalue weighted by atomic mass is 10.00. The molecule has 5 heteroatoms. The van der Waals surface area contributed by atoms with E-state index >= 15 is 0 Å². The molecule has 2 N–H and O–H groups in total. The number of aromatic nitrogens is 3. The quantitative estimate of drug-likeness (QED) is 0.900. The number of nitrogens with two attached hydrogens (primary N) is 1. The fraction of sp³-hybridized carbons (Fsp3) is 0.571. The van der Waals surface area contributed by atoms with E-state index in [1.807, 2.05) is 12.1 Å². The van der Waals surface area contributed by atoms with Crippen molar-refractivity contribution in [2.45, 2.75) is 38.3 Å². The first-order chi connectivity index (χ1) is 9.28. The van der Waals surface area contributed by atoms with Crippen molar-refractivity contribution < 1.29 is 0 Å². The van der Waals surface area contributed by atoms with Crippen LogP contribution in [0.25, 0.3) is 5.65 Å². The second kappa shape index (κ2) is 5.27. The lowest BCUT2D eigenvalue weighted by Crippen LogP contribution is -2.38. The van der Waals surface area contributed by atoms with Crippen LogP contribution in [-0.2, 0) is 13.0 Å². The summed E-state index contributed by atoms with van der Waals surface area (Å²) in [6, 6.07) is 4.59. The zero-order chi connectivity index (χ0) is 13.2. The smallest absolute Gasteiger partial charge is 0.160 e. The average Bonchev–Trinajstić information content (AvgIpc) is 2.84. The van der Waals surface area contributed by atoms with Crippen molar-refractivity contribution in [1.82, 2.24) is 19.5 Å². The van der Waals surface area contributed by atoms with Crippen LogP contribution in [0.15, 0.2) is 18.3 Å². The maximum atomic E-state index is 5.70. The normalized spacial score (nSPS) is 21.1. The summed E-state index contributed by atoms with van der Waals surface area (Å²) < 4.78 is 2.09. The van der Waals surface area contributed by atoms with Crippen LogP contribution < -0.4 is 5.73 Å². The van der Waals surface area contributed by atoms with E-state index in [9.17, 15) is 0 Å². The van der Waals surface area contributed by atoms with Crippen LogP contribution in [-0.4, -0.2) is 39.1 Å². The van der Waals surface area contributed by atoms with Gasteiger partial charge in [-0.25, -0.2) is 0 Å². The summed E-state index contributed by atoms with van der Waals surface area (Å²) in [6.07, 6.45) is 6.91. The van der Waals surface area contributed by atoms with E-state index in [1.54, 1.807) is 0 Å². The molecule has 1 fully saturated rings. The molecule has 2 aromatic rings. The zero-order valence-corrected chi connectivity index (χ0v) is 11.4. The highest BCUT2D eigenvalue weighted by molar-refractivity contribution is 5.39. The van der Waals surface area contributed by atoms with Crippen molar-refractivity contribution in [2.24, 2.45) is 5.73 Å². The summed E-state index contributed by atoms with van der Waals surface area (Å²) >= 11 is 0. The number of likely N-dealkylation sites (tertiary alicyclic amines) is 1. The maximum Gasteiger partial charge on any atom is 0.160 e. The van der Waals surface area contributed by atoms with E-state index in [1.165, 1.54) is 25.8 Å². The number of piperidine rings is 1. The van der Waals surface area contributed by atoms with Gasteiger partial charge in [-0.2, -0.15) is 0 Å². The van der Waals surface area contributed by atoms with Crippen LogP contribution >= 0.6 is 0 Å². The molecular formula is C14H21N5. The number of hydrogen-bond donors (Lipinski definition) is 1. The van der Waals surface area contributed by atoms with Crippen molar-refractivity contribution in [1.29, 1.82) is 0 Å². The van der Waals surface area contributed by atoms with Crippen molar-refractivity contribution in [3.05, 3.63) is 29.7 Å². The highest BCUT2D eigenvalue weighted by Gasteiger charge is 2.21. The topological polar surface area (TPSA) is 59.5 Å². The third-order valence-corrected chi connectivity index (χ3v) is 4.11. The van der Waals surface area contributed by atoms with E-state index in [0.29, 0.717) is 12.6 Å². The predicted octanol–water partition coefficient (Wildman–Crippen LogP) is 1.21. The van der Waals surface area contributed by atoms with Crippen LogP contribution in [0, 0.1) is 0 Å². The number of pyridine rings is 1. The molecule has 0 aromatic carbocycles. The van der Waals surface area contributed by atoms with E-state index in [-0.39, 0.29) is 0 Å². The average molecular weight is 259 g/mol. The predicted molar refractivity (Wildman–Crippen MR) is 74.9 cm³/mol. The fourth-order valence-electron chi connectivity index (χ4n) is 2.85. The van der Waals surface area contributed by atoms with Crippen molar-refractivity contribution in [2.75, 3.05) is 13.6 Å². The number of rotatable bonds is 3. The molecule has 1 atom stereocenters. The number of nitrogens with zero attached hydrogens (tertiary/aromatic N) is 4. The SMILES string of the molecule is CN1CCCCC1Cc1nnc2ccc(CN)cn12. The Labute approximate surface area is 113 Å². The minimum atomic E-state index is 0.552. The molecule has 5 nitrogen and oxygen atoms in total. The first-order valence-corrected chi connectivity index (χ1v) is 7.01. The number of likely N-dealkylation sites (N-methyl/N-ethyl adjacent to an activating group) is 1. The van der Waals surface area contributed by atoms with Gasteiger partial charge in [0.15, 0.2) is 5.65 Å². The highest BCUT2D eigenvalue weighted by atomic mass is 15.3. The molecule has 3 heterocycles.